The minimum absolute atomic E-state index is 0.152. The van der Waals surface area contributed by atoms with Gasteiger partial charge in [-0.25, -0.2) is 0 Å². The molecule has 0 aliphatic heterocycles. The molecule has 31 heavy (non-hydrogen) atoms. The predicted molar refractivity (Wildman–Crippen MR) is 120 cm³/mol. The van der Waals surface area contributed by atoms with E-state index in [-0.39, 0.29) is 22.5 Å². The Morgan fingerprint density at radius 3 is 1.90 bits per heavy atom. The van der Waals surface area contributed by atoms with Gasteiger partial charge in [-0.05, 0) is 47.7 Å². The van der Waals surface area contributed by atoms with Gasteiger partial charge in [-0.2, -0.15) is 0 Å². The summed E-state index contributed by atoms with van der Waals surface area (Å²) < 4.78 is 0. The average molecular weight is 421 g/mol. The molecular weight excluding hydrogens is 398 g/mol. The van der Waals surface area contributed by atoms with Crippen LogP contribution in [0.3, 0.4) is 0 Å². The molecule has 0 saturated heterocycles. The molecule has 0 aliphatic carbocycles. The summed E-state index contributed by atoms with van der Waals surface area (Å²) >= 11 is 0. The van der Waals surface area contributed by atoms with Crippen LogP contribution in [0.25, 0.3) is 0 Å². The highest BCUT2D eigenvalue weighted by molar-refractivity contribution is 5.90. The lowest BCUT2D eigenvalue weighted by atomic mass is 9.86. The van der Waals surface area contributed by atoms with Gasteiger partial charge in [0, 0.05) is 17.8 Å². The molecule has 0 unspecified atom stereocenters. The van der Waals surface area contributed by atoms with E-state index in [9.17, 15) is 25.3 Å². The summed E-state index contributed by atoms with van der Waals surface area (Å²) in [5.74, 6) is -0.152. The molecule has 0 saturated carbocycles. The number of aryl methyl sites for hydroxylation is 1. The molecule has 0 aromatic heterocycles. The summed E-state index contributed by atoms with van der Waals surface area (Å²) in [4.78, 5) is 23.9. The Kier molecular flexibility index (Phi) is 5.66. The highest BCUT2D eigenvalue weighted by Gasteiger charge is 2.34. The van der Waals surface area contributed by atoms with Gasteiger partial charge >= 0.3 is 11.4 Å². The maximum absolute atomic E-state index is 11.9. The van der Waals surface area contributed by atoms with Gasteiger partial charge in [0.05, 0.1) is 15.5 Å². The van der Waals surface area contributed by atoms with Crippen molar-refractivity contribution in [3.8, 4) is 5.75 Å². The van der Waals surface area contributed by atoms with E-state index in [1.165, 1.54) is 23.1 Å². The molecule has 0 atom stereocenters. The van der Waals surface area contributed by atoms with Crippen molar-refractivity contribution in [2.45, 2.75) is 33.1 Å². The first-order valence-electron chi connectivity index (χ1n) is 9.63. The first-order valence-corrected chi connectivity index (χ1v) is 9.63. The number of nitrogens with zero attached hydrogens (tertiary/aromatic N) is 3. The molecule has 3 rings (SSSR count). The fraction of sp³-hybridized carbons (Fsp3) is 0.217. The third kappa shape index (κ3) is 4.32. The van der Waals surface area contributed by atoms with Crippen molar-refractivity contribution < 1.29 is 15.0 Å². The Hall–Kier alpha value is -3.94. The first-order chi connectivity index (χ1) is 14.5. The predicted octanol–water partition coefficient (Wildman–Crippen LogP) is 6.28. The molecule has 0 radical (unpaired) electrons. The van der Waals surface area contributed by atoms with Gasteiger partial charge in [-0.15, -0.1) is 0 Å². The van der Waals surface area contributed by atoms with Crippen LogP contribution in [0, 0.1) is 27.2 Å². The van der Waals surface area contributed by atoms with Crippen molar-refractivity contribution in [1.29, 1.82) is 0 Å². The van der Waals surface area contributed by atoms with Crippen molar-refractivity contribution in [2.75, 3.05) is 4.90 Å². The van der Waals surface area contributed by atoms with Crippen LogP contribution in [-0.2, 0) is 5.41 Å². The van der Waals surface area contributed by atoms with Crippen molar-refractivity contribution >= 4 is 28.4 Å². The van der Waals surface area contributed by atoms with Crippen molar-refractivity contribution in [3.63, 3.8) is 0 Å². The fourth-order valence-corrected chi connectivity index (χ4v) is 3.38. The quantitative estimate of drug-likeness (QED) is 0.383. The Morgan fingerprint density at radius 2 is 1.42 bits per heavy atom. The number of para-hydroxylation sites is 1. The molecule has 0 spiro atoms. The van der Waals surface area contributed by atoms with Gasteiger partial charge in [0.25, 0.3) is 0 Å². The van der Waals surface area contributed by atoms with E-state index in [1.54, 1.807) is 49.4 Å². The number of phenolic OH excluding ortho intramolecular Hbond substituents is 1. The molecule has 1 N–H and O–H groups in total. The topological polar surface area (TPSA) is 110 Å². The van der Waals surface area contributed by atoms with E-state index < -0.39 is 21.2 Å². The summed E-state index contributed by atoms with van der Waals surface area (Å²) in [6, 6.07) is 16.1. The van der Waals surface area contributed by atoms with Crippen LogP contribution < -0.4 is 4.90 Å². The van der Waals surface area contributed by atoms with E-state index in [2.05, 4.69) is 0 Å². The minimum atomic E-state index is -0.643. The second-order valence-electron chi connectivity index (χ2n) is 8.29. The zero-order chi connectivity index (χ0) is 22.9. The van der Waals surface area contributed by atoms with Crippen LogP contribution >= 0.6 is 0 Å². The maximum atomic E-state index is 11.9. The van der Waals surface area contributed by atoms with Crippen molar-refractivity contribution in [1.82, 2.24) is 0 Å². The summed E-state index contributed by atoms with van der Waals surface area (Å²) in [7, 11) is 0. The SMILES string of the molecule is Cc1cc([N+](=O)[O-])c(N(c2ccccc2)c2cc(C(C)(C)C)ccc2O)c([N+](=O)[O-])c1. The number of hydrogen-bond acceptors (Lipinski definition) is 6. The van der Waals surface area contributed by atoms with Crippen LogP contribution in [0.1, 0.15) is 31.9 Å². The fourth-order valence-electron chi connectivity index (χ4n) is 3.38. The van der Waals surface area contributed by atoms with Crippen LogP contribution in [0.2, 0.25) is 0 Å². The Labute approximate surface area is 179 Å². The summed E-state index contributed by atoms with van der Waals surface area (Å²) in [6.07, 6.45) is 0. The molecule has 0 heterocycles. The Morgan fingerprint density at radius 1 is 0.871 bits per heavy atom. The number of nitro groups is 2. The van der Waals surface area contributed by atoms with Gasteiger partial charge in [-0.3, -0.25) is 25.1 Å². The molecule has 0 amide bonds. The Bertz CT molecular complexity index is 1120. The molecule has 3 aromatic carbocycles. The number of hydrogen-bond donors (Lipinski definition) is 1. The molecule has 160 valence electrons. The number of nitro benzene ring substituents is 2. The molecule has 8 heteroatoms. The smallest absolute Gasteiger partial charge is 0.300 e. The molecule has 0 aliphatic rings. The molecule has 0 bridgehead atoms. The minimum Gasteiger partial charge on any atom is -0.506 e. The number of aromatic hydroxyl groups is 1. The highest BCUT2D eigenvalue weighted by atomic mass is 16.6. The third-order valence-corrected chi connectivity index (χ3v) is 4.93. The largest absolute Gasteiger partial charge is 0.506 e. The van der Waals surface area contributed by atoms with E-state index in [0.717, 1.165) is 5.56 Å². The van der Waals surface area contributed by atoms with E-state index >= 15 is 0 Å². The van der Waals surface area contributed by atoms with E-state index in [0.29, 0.717) is 11.3 Å². The molecule has 0 fully saturated rings. The first kappa shape index (κ1) is 21.8. The van der Waals surface area contributed by atoms with Crippen molar-refractivity contribution in [3.05, 3.63) is 92.0 Å². The summed E-state index contributed by atoms with van der Waals surface area (Å²) in [6.45, 7) is 7.54. The lowest BCUT2D eigenvalue weighted by Gasteiger charge is -2.28. The van der Waals surface area contributed by atoms with Crippen LogP contribution in [0.4, 0.5) is 28.4 Å². The van der Waals surface area contributed by atoms with Gasteiger partial charge in [0.1, 0.15) is 5.75 Å². The standard InChI is InChI=1S/C23H23N3O5/c1-15-12-19(25(28)29)22(20(13-15)26(30)31)24(17-8-6-5-7-9-17)18-14-16(23(2,3)4)10-11-21(18)27/h5-14,27H,1-4H3. The number of anilines is 3. The van der Waals surface area contributed by atoms with E-state index in [1.807, 2.05) is 20.8 Å². The zero-order valence-corrected chi connectivity index (χ0v) is 17.7. The molecular formula is C23H23N3O5. The highest BCUT2D eigenvalue weighted by Crippen LogP contribution is 2.49. The zero-order valence-electron chi connectivity index (χ0n) is 17.7. The Balaban J connectivity index is 2.45. The maximum Gasteiger partial charge on any atom is 0.300 e. The summed E-state index contributed by atoms with van der Waals surface area (Å²) in [5, 5.41) is 34.6. The molecule has 3 aromatic rings. The monoisotopic (exact) mass is 421 g/mol. The average Bonchev–Trinajstić information content (AvgIpc) is 2.69. The van der Waals surface area contributed by atoms with Crippen molar-refractivity contribution in [2.24, 2.45) is 0 Å². The number of rotatable bonds is 5. The normalized spacial score (nSPS) is 11.2. The molecule has 8 nitrogen and oxygen atoms in total. The third-order valence-electron chi connectivity index (χ3n) is 4.93. The van der Waals surface area contributed by atoms with E-state index in [4.69, 9.17) is 0 Å². The van der Waals surface area contributed by atoms with Crippen LogP contribution in [-0.4, -0.2) is 15.0 Å². The lowest BCUT2D eigenvalue weighted by molar-refractivity contribution is -0.392. The lowest BCUT2D eigenvalue weighted by Crippen LogP contribution is -2.16. The van der Waals surface area contributed by atoms with Crippen LogP contribution in [0.5, 0.6) is 5.75 Å². The summed E-state index contributed by atoms with van der Waals surface area (Å²) in [5.41, 5.74) is 0.574. The number of benzene rings is 3. The van der Waals surface area contributed by atoms with Gasteiger partial charge in [-0.1, -0.05) is 45.0 Å². The van der Waals surface area contributed by atoms with Gasteiger partial charge < -0.3 is 5.11 Å². The second-order valence-corrected chi connectivity index (χ2v) is 8.29. The van der Waals surface area contributed by atoms with Crippen LogP contribution in [0.15, 0.2) is 60.7 Å². The van der Waals surface area contributed by atoms with Gasteiger partial charge in [0.15, 0.2) is 0 Å². The second kappa shape index (κ2) is 8.06. The number of phenols is 1. The van der Waals surface area contributed by atoms with Gasteiger partial charge in [0.2, 0.25) is 5.69 Å².